The van der Waals surface area contributed by atoms with Gasteiger partial charge in [0.15, 0.2) is 0 Å². The number of carbonyl (C=O) groups excluding carboxylic acids is 1. The number of hydrogen-bond donors (Lipinski definition) is 2. The number of amides is 1. The van der Waals surface area contributed by atoms with Gasteiger partial charge in [-0.1, -0.05) is 18.2 Å². The fourth-order valence-corrected chi connectivity index (χ4v) is 2.68. The van der Waals surface area contributed by atoms with Gasteiger partial charge in [0.25, 0.3) is 0 Å². The molecule has 0 aliphatic carbocycles. The van der Waals surface area contributed by atoms with Crippen molar-refractivity contribution in [2.24, 2.45) is 0 Å². The van der Waals surface area contributed by atoms with Crippen LogP contribution in [-0.2, 0) is 4.79 Å². The van der Waals surface area contributed by atoms with Crippen LogP contribution in [-0.4, -0.2) is 37.7 Å². The number of ether oxygens (including phenoxy) is 2. The predicted molar refractivity (Wildman–Crippen MR) is 106 cm³/mol. The van der Waals surface area contributed by atoms with Gasteiger partial charge in [-0.05, 0) is 36.4 Å². The molecule has 3 aromatic rings. The van der Waals surface area contributed by atoms with Crippen LogP contribution in [0.3, 0.4) is 0 Å². The Hall–Kier alpha value is -3.28. The number of pyridine rings is 1. The fraction of sp³-hybridized carbons (Fsp3) is 0.238. The molecule has 0 saturated heterocycles. The number of methoxy groups -OCH3 is 1. The molecule has 2 aromatic carbocycles. The van der Waals surface area contributed by atoms with E-state index in [2.05, 4.69) is 15.6 Å². The van der Waals surface area contributed by atoms with Gasteiger partial charge in [0.2, 0.25) is 5.91 Å². The lowest BCUT2D eigenvalue weighted by atomic mass is 10.2. The van der Waals surface area contributed by atoms with Crippen molar-refractivity contribution in [2.45, 2.75) is 6.42 Å². The van der Waals surface area contributed by atoms with Crippen LogP contribution in [0.5, 0.6) is 11.5 Å². The molecule has 0 atom stereocenters. The highest BCUT2D eigenvalue weighted by Crippen LogP contribution is 2.20. The van der Waals surface area contributed by atoms with Crippen molar-refractivity contribution in [3.63, 3.8) is 0 Å². The lowest BCUT2D eigenvalue weighted by Crippen LogP contribution is -2.29. The van der Waals surface area contributed by atoms with Crippen molar-refractivity contribution >= 4 is 22.5 Å². The van der Waals surface area contributed by atoms with Crippen molar-refractivity contribution < 1.29 is 14.3 Å². The second-order valence-corrected chi connectivity index (χ2v) is 5.93. The van der Waals surface area contributed by atoms with E-state index in [1.54, 1.807) is 13.3 Å². The first-order valence-electron chi connectivity index (χ1n) is 8.87. The first-order chi connectivity index (χ1) is 13.3. The monoisotopic (exact) mass is 365 g/mol. The van der Waals surface area contributed by atoms with Crippen molar-refractivity contribution in [3.8, 4) is 11.5 Å². The Labute approximate surface area is 158 Å². The maximum atomic E-state index is 12.0. The van der Waals surface area contributed by atoms with Gasteiger partial charge in [0, 0.05) is 24.5 Å². The number of carbonyl (C=O) groups is 1. The lowest BCUT2D eigenvalue weighted by molar-refractivity contribution is -0.120. The van der Waals surface area contributed by atoms with Crippen LogP contribution in [0.25, 0.3) is 10.9 Å². The molecule has 140 valence electrons. The third-order valence-electron chi connectivity index (χ3n) is 4.05. The Morgan fingerprint density at radius 1 is 1.00 bits per heavy atom. The van der Waals surface area contributed by atoms with Gasteiger partial charge in [-0.2, -0.15) is 0 Å². The highest BCUT2D eigenvalue weighted by molar-refractivity contribution is 5.90. The average Bonchev–Trinajstić information content (AvgIpc) is 2.72. The molecule has 27 heavy (non-hydrogen) atoms. The summed E-state index contributed by atoms with van der Waals surface area (Å²) in [5, 5.41) is 7.21. The van der Waals surface area contributed by atoms with Gasteiger partial charge in [-0.25, -0.2) is 0 Å². The zero-order valence-corrected chi connectivity index (χ0v) is 15.3. The Kier molecular flexibility index (Phi) is 6.46. The molecule has 1 amide bonds. The summed E-state index contributed by atoms with van der Waals surface area (Å²) in [6.07, 6.45) is 2.15. The zero-order valence-electron chi connectivity index (χ0n) is 15.3. The molecule has 6 nitrogen and oxygen atoms in total. The van der Waals surface area contributed by atoms with Crippen LogP contribution in [0.1, 0.15) is 6.42 Å². The van der Waals surface area contributed by atoms with E-state index in [-0.39, 0.29) is 5.91 Å². The maximum absolute atomic E-state index is 12.0. The first kappa shape index (κ1) is 18.5. The molecule has 1 aromatic heterocycles. The minimum Gasteiger partial charge on any atom is -0.497 e. The van der Waals surface area contributed by atoms with Crippen molar-refractivity contribution in [3.05, 3.63) is 60.8 Å². The third kappa shape index (κ3) is 5.34. The third-order valence-corrected chi connectivity index (χ3v) is 4.05. The Morgan fingerprint density at radius 2 is 1.78 bits per heavy atom. The molecule has 0 saturated carbocycles. The SMILES string of the molecule is COc1ccc(OCCNC(=O)CCNc2cccc3cccnc23)cc1. The summed E-state index contributed by atoms with van der Waals surface area (Å²) >= 11 is 0. The summed E-state index contributed by atoms with van der Waals surface area (Å²) in [7, 11) is 1.62. The molecule has 0 bridgehead atoms. The van der Waals surface area contributed by atoms with E-state index in [0.717, 1.165) is 28.1 Å². The Bertz CT molecular complexity index is 876. The van der Waals surface area contributed by atoms with Gasteiger partial charge < -0.3 is 20.1 Å². The lowest BCUT2D eigenvalue weighted by Gasteiger charge is -2.10. The molecule has 6 heteroatoms. The number of para-hydroxylation sites is 1. The largest absolute Gasteiger partial charge is 0.497 e. The number of aromatic nitrogens is 1. The van der Waals surface area contributed by atoms with Gasteiger partial charge >= 0.3 is 0 Å². The quantitative estimate of drug-likeness (QED) is 0.570. The zero-order chi connectivity index (χ0) is 18.9. The number of fused-ring (bicyclic) bond motifs is 1. The molecule has 0 radical (unpaired) electrons. The van der Waals surface area contributed by atoms with Crippen LogP contribution in [0.4, 0.5) is 5.69 Å². The van der Waals surface area contributed by atoms with Gasteiger partial charge in [-0.3, -0.25) is 9.78 Å². The van der Waals surface area contributed by atoms with E-state index in [4.69, 9.17) is 9.47 Å². The van der Waals surface area contributed by atoms with Crippen LogP contribution in [0, 0.1) is 0 Å². The molecular formula is C21H23N3O3. The van der Waals surface area contributed by atoms with E-state index in [1.807, 2.05) is 54.6 Å². The summed E-state index contributed by atoms with van der Waals surface area (Å²) in [4.78, 5) is 16.3. The van der Waals surface area contributed by atoms with Crippen molar-refractivity contribution in [2.75, 3.05) is 32.1 Å². The van der Waals surface area contributed by atoms with Crippen molar-refractivity contribution in [1.82, 2.24) is 10.3 Å². The second kappa shape index (κ2) is 9.43. The second-order valence-electron chi connectivity index (χ2n) is 5.93. The number of nitrogens with one attached hydrogen (secondary N) is 2. The maximum Gasteiger partial charge on any atom is 0.221 e. The van der Waals surface area contributed by atoms with E-state index < -0.39 is 0 Å². The Balaban J connectivity index is 1.36. The molecule has 0 aliphatic heterocycles. The van der Waals surface area contributed by atoms with Gasteiger partial charge in [-0.15, -0.1) is 0 Å². The first-order valence-corrected chi connectivity index (χ1v) is 8.87. The topological polar surface area (TPSA) is 72.5 Å². The predicted octanol–water partition coefficient (Wildman–Crippen LogP) is 3.24. The highest BCUT2D eigenvalue weighted by Gasteiger charge is 2.04. The summed E-state index contributed by atoms with van der Waals surface area (Å²) in [6, 6.07) is 17.2. The summed E-state index contributed by atoms with van der Waals surface area (Å²) < 4.78 is 10.7. The molecule has 0 aliphatic rings. The summed E-state index contributed by atoms with van der Waals surface area (Å²) in [5.41, 5.74) is 1.84. The average molecular weight is 365 g/mol. The minimum absolute atomic E-state index is 0.0194. The number of benzene rings is 2. The Morgan fingerprint density at radius 3 is 2.59 bits per heavy atom. The standard InChI is InChI=1S/C21H23N3O3/c1-26-17-7-9-18(10-8-17)27-15-14-23-20(25)11-13-22-19-6-2-4-16-5-3-12-24-21(16)19/h2-10,12,22H,11,13-15H2,1H3,(H,23,25). The van der Waals surface area contributed by atoms with Crippen molar-refractivity contribution in [1.29, 1.82) is 0 Å². The fourth-order valence-electron chi connectivity index (χ4n) is 2.68. The molecule has 2 N–H and O–H groups in total. The molecule has 1 heterocycles. The minimum atomic E-state index is -0.0194. The number of rotatable bonds is 9. The highest BCUT2D eigenvalue weighted by atomic mass is 16.5. The molecule has 0 unspecified atom stereocenters. The van der Waals surface area contributed by atoms with Crippen LogP contribution in [0.15, 0.2) is 60.8 Å². The number of hydrogen-bond acceptors (Lipinski definition) is 5. The summed E-state index contributed by atoms with van der Waals surface area (Å²) in [5.74, 6) is 1.51. The van der Waals surface area contributed by atoms with Crippen LogP contribution >= 0.6 is 0 Å². The van der Waals surface area contributed by atoms with Gasteiger partial charge in [0.05, 0.1) is 24.9 Å². The summed E-state index contributed by atoms with van der Waals surface area (Å²) in [6.45, 7) is 1.42. The van der Waals surface area contributed by atoms with Crippen LogP contribution < -0.4 is 20.1 Å². The molecule has 0 spiro atoms. The molecule has 3 rings (SSSR count). The molecular weight excluding hydrogens is 342 g/mol. The molecule has 0 fully saturated rings. The number of nitrogens with zero attached hydrogens (tertiary/aromatic N) is 1. The van der Waals surface area contributed by atoms with E-state index in [9.17, 15) is 4.79 Å². The smallest absolute Gasteiger partial charge is 0.221 e. The van der Waals surface area contributed by atoms with Gasteiger partial charge in [0.1, 0.15) is 18.1 Å². The van der Waals surface area contributed by atoms with Crippen LogP contribution in [0.2, 0.25) is 0 Å². The van der Waals surface area contributed by atoms with E-state index >= 15 is 0 Å². The normalized spacial score (nSPS) is 10.4. The van der Waals surface area contributed by atoms with E-state index in [0.29, 0.717) is 26.1 Å². The number of anilines is 1. The van der Waals surface area contributed by atoms with E-state index in [1.165, 1.54) is 0 Å².